The fourth-order valence-electron chi connectivity index (χ4n) is 5.32. The van der Waals surface area contributed by atoms with Crippen LogP contribution in [0.25, 0.3) is 10.8 Å². The van der Waals surface area contributed by atoms with Crippen LogP contribution in [0.1, 0.15) is 30.4 Å². The molecule has 5 rings (SSSR count). The zero-order valence-corrected chi connectivity index (χ0v) is 20.4. The molecule has 2 aliphatic heterocycles. The molecule has 6 nitrogen and oxygen atoms in total. The van der Waals surface area contributed by atoms with Crippen molar-refractivity contribution in [1.29, 1.82) is 0 Å². The van der Waals surface area contributed by atoms with Gasteiger partial charge in [0.25, 0.3) is 5.91 Å². The van der Waals surface area contributed by atoms with E-state index in [4.69, 9.17) is 4.74 Å². The Balaban J connectivity index is 1.36. The molecule has 1 aromatic heterocycles. The molecule has 0 bridgehead atoms. The fraction of sp³-hybridized carbons (Fsp3) is 0.407. The highest BCUT2D eigenvalue weighted by Crippen LogP contribution is 2.38. The first-order chi connectivity index (χ1) is 16.6. The number of nitrogens with zero attached hydrogens (tertiary/aromatic N) is 3. The molecule has 2 aliphatic rings. The van der Waals surface area contributed by atoms with Gasteiger partial charge >= 0.3 is 6.03 Å². The number of thiophene rings is 1. The molecule has 0 radical (unpaired) electrons. The van der Waals surface area contributed by atoms with Crippen molar-refractivity contribution >= 4 is 34.0 Å². The van der Waals surface area contributed by atoms with Crippen LogP contribution in [0.2, 0.25) is 0 Å². The second-order valence-corrected chi connectivity index (χ2v) is 10.1. The summed E-state index contributed by atoms with van der Waals surface area (Å²) in [6, 6.07) is 16.3. The van der Waals surface area contributed by atoms with Gasteiger partial charge in [-0.2, -0.15) is 11.3 Å². The molecule has 3 amide bonds. The van der Waals surface area contributed by atoms with Gasteiger partial charge in [-0.25, -0.2) is 4.79 Å². The molecule has 34 heavy (non-hydrogen) atoms. The molecule has 3 aromatic rings. The summed E-state index contributed by atoms with van der Waals surface area (Å²) in [6.45, 7) is 3.93. The first-order valence-electron chi connectivity index (χ1n) is 11.9. The second-order valence-electron chi connectivity index (χ2n) is 9.29. The Morgan fingerprint density at radius 1 is 0.971 bits per heavy atom. The highest BCUT2D eigenvalue weighted by Gasteiger charge is 2.57. The highest BCUT2D eigenvalue weighted by molar-refractivity contribution is 7.07. The number of urea groups is 1. The van der Waals surface area contributed by atoms with E-state index in [-0.39, 0.29) is 11.9 Å². The molecule has 2 aromatic carbocycles. The highest BCUT2D eigenvalue weighted by atomic mass is 32.1. The maximum absolute atomic E-state index is 13.8. The van der Waals surface area contributed by atoms with E-state index in [9.17, 15) is 9.59 Å². The zero-order chi connectivity index (χ0) is 23.5. The molecular weight excluding hydrogens is 446 g/mol. The van der Waals surface area contributed by atoms with Crippen molar-refractivity contribution in [2.75, 3.05) is 33.4 Å². The van der Waals surface area contributed by atoms with Crippen molar-refractivity contribution in [2.45, 2.75) is 37.9 Å². The topological polar surface area (TPSA) is 53.1 Å². The summed E-state index contributed by atoms with van der Waals surface area (Å²) < 4.78 is 5.23. The standard InChI is InChI=1S/C27H31N3O3S/c1-33-15-4-12-30-26(32)29(19-21-7-8-23-5-2-3-6-24(23)17-21)25(31)27(30)10-13-28(14-11-27)18-22-9-16-34-20-22/h2-3,5-9,16-17,20H,4,10-15,18-19H2,1H3. The van der Waals surface area contributed by atoms with Gasteiger partial charge in [0.05, 0.1) is 6.54 Å². The van der Waals surface area contributed by atoms with Gasteiger partial charge in [-0.05, 0) is 64.1 Å². The lowest BCUT2D eigenvalue weighted by molar-refractivity contribution is -0.136. The molecule has 178 valence electrons. The Hall–Kier alpha value is -2.74. The van der Waals surface area contributed by atoms with Crippen LogP contribution >= 0.6 is 11.3 Å². The van der Waals surface area contributed by atoms with Gasteiger partial charge in [-0.15, -0.1) is 0 Å². The van der Waals surface area contributed by atoms with E-state index in [0.717, 1.165) is 42.4 Å². The molecule has 7 heteroatoms. The molecule has 3 heterocycles. The van der Waals surface area contributed by atoms with Gasteiger partial charge < -0.3 is 9.64 Å². The van der Waals surface area contributed by atoms with Gasteiger partial charge in [0, 0.05) is 39.9 Å². The average Bonchev–Trinajstić information content (AvgIpc) is 3.43. The number of hydrogen-bond donors (Lipinski definition) is 0. The summed E-state index contributed by atoms with van der Waals surface area (Å²) in [5.74, 6) is -0.0433. The van der Waals surface area contributed by atoms with Crippen molar-refractivity contribution in [2.24, 2.45) is 0 Å². The molecule has 0 aliphatic carbocycles. The SMILES string of the molecule is COCCCN1C(=O)N(Cc2ccc3ccccc3c2)C(=O)C12CCN(Cc1ccsc1)CC2. The summed E-state index contributed by atoms with van der Waals surface area (Å²) in [4.78, 5) is 33.1. The molecule has 0 N–H and O–H groups in total. The lowest BCUT2D eigenvalue weighted by atomic mass is 9.85. The third kappa shape index (κ3) is 4.35. The molecule has 2 saturated heterocycles. The monoisotopic (exact) mass is 477 g/mol. The van der Waals surface area contributed by atoms with Crippen LogP contribution in [0.4, 0.5) is 4.79 Å². The lowest BCUT2D eigenvalue weighted by Crippen LogP contribution is -2.56. The molecule has 0 atom stereocenters. The third-order valence-corrected chi connectivity index (χ3v) is 7.91. The summed E-state index contributed by atoms with van der Waals surface area (Å²) in [5, 5.41) is 6.55. The summed E-state index contributed by atoms with van der Waals surface area (Å²) in [6.07, 6.45) is 2.06. The van der Waals surface area contributed by atoms with E-state index in [1.54, 1.807) is 18.4 Å². The van der Waals surface area contributed by atoms with Gasteiger partial charge in [0.1, 0.15) is 5.54 Å². The van der Waals surface area contributed by atoms with E-state index in [0.29, 0.717) is 32.5 Å². The molecule has 0 saturated carbocycles. The van der Waals surface area contributed by atoms with Crippen LogP contribution in [0.5, 0.6) is 0 Å². The second kappa shape index (κ2) is 9.86. The van der Waals surface area contributed by atoms with E-state index < -0.39 is 5.54 Å². The van der Waals surface area contributed by atoms with Crippen LogP contribution in [-0.2, 0) is 22.6 Å². The minimum Gasteiger partial charge on any atom is -0.385 e. The Bertz CT molecular complexity index is 1150. The number of imide groups is 1. The minimum absolute atomic E-state index is 0.0433. The van der Waals surface area contributed by atoms with E-state index in [2.05, 4.69) is 46.0 Å². The number of carbonyl (C=O) groups is 2. The van der Waals surface area contributed by atoms with Gasteiger partial charge in [0.2, 0.25) is 0 Å². The molecule has 2 fully saturated rings. The molecule has 1 spiro atoms. The van der Waals surface area contributed by atoms with Crippen molar-refractivity contribution < 1.29 is 14.3 Å². The number of methoxy groups -OCH3 is 1. The summed E-state index contributed by atoms with van der Waals surface area (Å²) in [5.41, 5.74) is 1.54. The Labute approximate surface area is 204 Å². The van der Waals surface area contributed by atoms with Crippen molar-refractivity contribution in [1.82, 2.24) is 14.7 Å². The molecular formula is C27H31N3O3S. The number of rotatable bonds is 8. The van der Waals surface area contributed by atoms with Crippen LogP contribution < -0.4 is 0 Å². The first kappa shape index (κ1) is 23.0. The maximum atomic E-state index is 13.8. The predicted octanol–water partition coefficient (Wildman–Crippen LogP) is 4.74. The minimum atomic E-state index is -0.743. The zero-order valence-electron chi connectivity index (χ0n) is 19.6. The fourth-order valence-corrected chi connectivity index (χ4v) is 5.98. The van der Waals surface area contributed by atoms with E-state index in [1.807, 2.05) is 23.1 Å². The Kier molecular flexibility index (Phi) is 6.68. The summed E-state index contributed by atoms with van der Waals surface area (Å²) in [7, 11) is 1.67. The van der Waals surface area contributed by atoms with Crippen molar-refractivity contribution in [3.05, 3.63) is 70.4 Å². The molecule has 0 unspecified atom stereocenters. The normalized spacial score (nSPS) is 18.5. The quantitative estimate of drug-likeness (QED) is 0.348. The van der Waals surface area contributed by atoms with Gasteiger partial charge in [0.15, 0.2) is 0 Å². The van der Waals surface area contributed by atoms with E-state index in [1.165, 1.54) is 10.5 Å². The predicted molar refractivity (Wildman–Crippen MR) is 135 cm³/mol. The Morgan fingerprint density at radius 3 is 2.50 bits per heavy atom. The smallest absolute Gasteiger partial charge is 0.327 e. The lowest BCUT2D eigenvalue weighted by Gasteiger charge is -2.42. The number of hydrogen-bond acceptors (Lipinski definition) is 5. The third-order valence-electron chi connectivity index (χ3n) is 7.18. The van der Waals surface area contributed by atoms with Crippen molar-refractivity contribution in [3.8, 4) is 0 Å². The number of piperidine rings is 1. The number of ether oxygens (including phenoxy) is 1. The number of likely N-dealkylation sites (tertiary alicyclic amines) is 1. The number of fused-ring (bicyclic) bond motifs is 1. The van der Waals surface area contributed by atoms with E-state index >= 15 is 0 Å². The van der Waals surface area contributed by atoms with Crippen LogP contribution in [0.15, 0.2) is 59.3 Å². The van der Waals surface area contributed by atoms with Crippen molar-refractivity contribution in [3.63, 3.8) is 0 Å². The summed E-state index contributed by atoms with van der Waals surface area (Å²) >= 11 is 1.71. The number of amides is 3. The van der Waals surface area contributed by atoms with Gasteiger partial charge in [-0.3, -0.25) is 14.6 Å². The van der Waals surface area contributed by atoms with Crippen LogP contribution in [0.3, 0.4) is 0 Å². The number of benzene rings is 2. The van der Waals surface area contributed by atoms with Crippen LogP contribution in [0, 0.1) is 0 Å². The van der Waals surface area contributed by atoms with Crippen LogP contribution in [-0.4, -0.2) is 65.5 Å². The number of carbonyl (C=O) groups excluding carboxylic acids is 2. The largest absolute Gasteiger partial charge is 0.385 e. The first-order valence-corrected chi connectivity index (χ1v) is 12.9. The average molecular weight is 478 g/mol. The maximum Gasteiger partial charge on any atom is 0.327 e. The van der Waals surface area contributed by atoms with Gasteiger partial charge in [-0.1, -0.05) is 36.4 Å². The Morgan fingerprint density at radius 2 is 1.76 bits per heavy atom.